The van der Waals surface area contributed by atoms with Crippen molar-refractivity contribution in [1.29, 1.82) is 5.26 Å². The second-order valence-corrected chi connectivity index (χ2v) is 9.18. The minimum absolute atomic E-state index is 0. The average Bonchev–Trinajstić information content (AvgIpc) is 2.83. The maximum absolute atomic E-state index is 10.3. The van der Waals surface area contributed by atoms with Gasteiger partial charge < -0.3 is 10.1 Å². The van der Waals surface area contributed by atoms with Crippen LogP contribution in [0.25, 0.3) is 0 Å². The molecule has 0 amide bonds. The van der Waals surface area contributed by atoms with Crippen molar-refractivity contribution in [3.63, 3.8) is 0 Å². The molecular formula is C27H39Cl2N3O. The first-order chi connectivity index (χ1) is 15.0. The largest absolute Gasteiger partial charge is 0.379 e. The molecule has 182 valence electrons. The minimum Gasteiger partial charge on any atom is -0.379 e. The Kier molecular flexibility index (Phi) is 12.4. The van der Waals surface area contributed by atoms with Crippen molar-refractivity contribution in [3.8, 4) is 6.07 Å². The lowest BCUT2D eigenvalue weighted by atomic mass is 9.72. The first-order valence-electron chi connectivity index (χ1n) is 11.6. The Labute approximate surface area is 212 Å². The van der Waals surface area contributed by atoms with Crippen LogP contribution in [0.5, 0.6) is 0 Å². The second-order valence-electron chi connectivity index (χ2n) is 9.18. The molecule has 1 saturated heterocycles. The third-order valence-corrected chi connectivity index (χ3v) is 6.92. The van der Waals surface area contributed by atoms with Gasteiger partial charge in [0.05, 0.1) is 19.3 Å². The normalized spacial score (nSPS) is 15.6. The van der Waals surface area contributed by atoms with Gasteiger partial charge in [0.15, 0.2) is 0 Å². The van der Waals surface area contributed by atoms with Gasteiger partial charge in [-0.25, -0.2) is 0 Å². The quantitative estimate of drug-likeness (QED) is 0.439. The average molecular weight is 493 g/mol. The first-order valence-corrected chi connectivity index (χ1v) is 11.6. The summed E-state index contributed by atoms with van der Waals surface area (Å²) in [6.45, 7) is 11.5. The van der Waals surface area contributed by atoms with Crippen molar-refractivity contribution in [2.24, 2.45) is 0 Å². The Hall–Kier alpha value is -1.61. The van der Waals surface area contributed by atoms with Crippen molar-refractivity contribution in [2.45, 2.75) is 57.0 Å². The van der Waals surface area contributed by atoms with E-state index >= 15 is 0 Å². The second kappa shape index (κ2) is 13.9. The highest BCUT2D eigenvalue weighted by atomic mass is 35.5. The number of nitriles is 1. The third-order valence-electron chi connectivity index (χ3n) is 6.92. The van der Waals surface area contributed by atoms with E-state index < -0.39 is 5.41 Å². The van der Waals surface area contributed by atoms with E-state index in [-0.39, 0.29) is 30.4 Å². The molecule has 0 aromatic heterocycles. The molecular weight excluding hydrogens is 453 g/mol. The van der Waals surface area contributed by atoms with E-state index in [9.17, 15) is 5.26 Å². The van der Waals surface area contributed by atoms with Gasteiger partial charge in [0.1, 0.15) is 5.41 Å². The number of hydrogen-bond donors (Lipinski definition) is 1. The molecule has 0 aliphatic carbocycles. The molecule has 3 rings (SSSR count). The zero-order chi connectivity index (χ0) is 22.2. The fraction of sp³-hybridized carbons (Fsp3) is 0.519. The van der Waals surface area contributed by atoms with Crippen LogP contribution in [0.1, 0.15) is 51.2 Å². The smallest absolute Gasteiger partial charge is 0.107 e. The summed E-state index contributed by atoms with van der Waals surface area (Å²) in [5.74, 6) is 0. The fourth-order valence-electron chi connectivity index (χ4n) is 4.58. The van der Waals surface area contributed by atoms with Crippen molar-refractivity contribution in [2.75, 3.05) is 32.8 Å². The van der Waals surface area contributed by atoms with Gasteiger partial charge in [-0.2, -0.15) is 5.26 Å². The van der Waals surface area contributed by atoms with Gasteiger partial charge in [-0.05, 0) is 57.7 Å². The molecule has 0 saturated carbocycles. The van der Waals surface area contributed by atoms with Crippen LogP contribution < -0.4 is 5.32 Å². The summed E-state index contributed by atoms with van der Waals surface area (Å²) in [5.41, 5.74) is 1.60. The number of rotatable bonds is 10. The van der Waals surface area contributed by atoms with Gasteiger partial charge in [-0.1, -0.05) is 60.7 Å². The topological polar surface area (TPSA) is 48.3 Å². The van der Waals surface area contributed by atoms with Gasteiger partial charge in [-0.3, -0.25) is 4.90 Å². The lowest BCUT2D eigenvalue weighted by molar-refractivity contribution is 0.00146. The number of nitrogens with one attached hydrogen (secondary N) is 1. The van der Waals surface area contributed by atoms with Crippen LogP contribution in [0, 0.1) is 11.3 Å². The SMILES string of the molecule is CC(N1CCOCC1)C(C)(C)NCCCCC(C#N)(c1ccccc1)c1ccccc1.Cl.Cl. The summed E-state index contributed by atoms with van der Waals surface area (Å²) in [6.07, 6.45) is 2.85. The van der Waals surface area contributed by atoms with Crippen LogP contribution in [0.15, 0.2) is 60.7 Å². The fourth-order valence-corrected chi connectivity index (χ4v) is 4.58. The molecule has 1 unspecified atom stereocenters. The molecule has 1 atom stereocenters. The summed E-state index contributed by atoms with van der Waals surface area (Å²) in [6, 6.07) is 23.6. The van der Waals surface area contributed by atoms with Crippen LogP contribution in [-0.2, 0) is 10.2 Å². The van der Waals surface area contributed by atoms with Crippen molar-refractivity contribution >= 4 is 24.8 Å². The molecule has 4 nitrogen and oxygen atoms in total. The standard InChI is InChI=1S/C27H37N3O.2ClH/c1-23(30-18-20-31-21-19-30)26(2,3)29-17-11-10-16-27(22-28,24-12-6-4-7-13-24)25-14-8-5-9-15-25;;/h4-9,12-15,23,29H,10-11,16-21H2,1-3H3;2*1H. The van der Waals surface area contributed by atoms with E-state index in [0.717, 1.165) is 63.2 Å². The monoisotopic (exact) mass is 491 g/mol. The molecule has 1 N–H and O–H groups in total. The van der Waals surface area contributed by atoms with E-state index in [1.807, 2.05) is 36.4 Å². The summed E-state index contributed by atoms with van der Waals surface area (Å²) < 4.78 is 5.50. The molecule has 1 fully saturated rings. The van der Waals surface area contributed by atoms with E-state index in [0.29, 0.717) is 6.04 Å². The van der Waals surface area contributed by atoms with Crippen LogP contribution in [-0.4, -0.2) is 49.3 Å². The molecule has 6 heteroatoms. The molecule has 0 radical (unpaired) electrons. The Balaban J connectivity index is 0.00000272. The van der Waals surface area contributed by atoms with Crippen LogP contribution in [0.2, 0.25) is 0 Å². The van der Waals surface area contributed by atoms with E-state index in [1.165, 1.54) is 0 Å². The lowest BCUT2D eigenvalue weighted by Crippen LogP contribution is -2.58. The summed E-state index contributed by atoms with van der Waals surface area (Å²) >= 11 is 0. The number of benzene rings is 2. The Morgan fingerprint density at radius 2 is 1.45 bits per heavy atom. The van der Waals surface area contributed by atoms with E-state index in [2.05, 4.69) is 61.3 Å². The summed E-state index contributed by atoms with van der Waals surface area (Å²) in [5, 5.41) is 14.1. The third kappa shape index (κ3) is 7.44. The number of ether oxygens (including phenoxy) is 1. The highest BCUT2D eigenvalue weighted by molar-refractivity contribution is 5.85. The van der Waals surface area contributed by atoms with Crippen molar-refractivity contribution in [1.82, 2.24) is 10.2 Å². The molecule has 1 heterocycles. The number of morpholine rings is 1. The number of hydrogen-bond acceptors (Lipinski definition) is 4. The van der Waals surface area contributed by atoms with Crippen molar-refractivity contribution in [3.05, 3.63) is 71.8 Å². The number of unbranched alkanes of at least 4 members (excludes halogenated alkanes) is 1. The van der Waals surface area contributed by atoms with Crippen LogP contribution >= 0.6 is 24.8 Å². The van der Waals surface area contributed by atoms with Crippen LogP contribution in [0.3, 0.4) is 0 Å². The molecule has 2 aromatic carbocycles. The minimum atomic E-state index is -0.598. The predicted octanol–water partition coefficient (Wildman–Crippen LogP) is 5.60. The molecule has 2 aromatic rings. The molecule has 0 bridgehead atoms. The lowest BCUT2D eigenvalue weighted by Gasteiger charge is -2.42. The maximum Gasteiger partial charge on any atom is 0.107 e. The van der Waals surface area contributed by atoms with Crippen molar-refractivity contribution < 1.29 is 4.74 Å². The maximum atomic E-state index is 10.3. The van der Waals surface area contributed by atoms with Gasteiger partial charge in [0, 0.05) is 24.7 Å². The Morgan fingerprint density at radius 1 is 0.939 bits per heavy atom. The van der Waals surface area contributed by atoms with Gasteiger partial charge in [0.2, 0.25) is 0 Å². The summed E-state index contributed by atoms with van der Waals surface area (Å²) in [7, 11) is 0. The number of halogens is 2. The molecule has 1 aliphatic heterocycles. The number of nitrogens with zero attached hydrogens (tertiary/aromatic N) is 2. The zero-order valence-electron chi connectivity index (χ0n) is 20.1. The Morgan fingerprint density at radius 3 is 1.94 bits per heavy atom. The predicted molar refractivity (Wildman–Crippen MR) is 142 cm³/mol. The van der Waals surface area contributed by atoms with Gasteiger partial charge in [-0.15, -0.1) is 24.8 Å². The van der Waals surface area contributed by atoms with Crippen LogP contribution in [0.4, 0.5) is 0 Å². The molecule has 0 spiro atoms. The zero-order valence-corrected chi connectivity index (χ0v) is 21.8. The van der Waals surface area contributed by atoms with E-state index in [4.69, 9.17) is 4.74 Å². The molecule has 33 heavy (non-hydrogen) atoms. The Bertz CT molecular complexity index is 794. The summed E-state index contributed by atoms with van der Waals surface area (Å²) in [4.78, 5) is 2.52. The molecule has 1 aliphatic rings. The van der Waals surface area contributed by atoms with Gasteiger partial charge >= 0.3 is 0 Å². The first kappa shape index (κ1) is 29.4. The van der Waals surface area contributed by atoms with Gasteiger partial charge in [0.25, 0.3) is 0 Å². The highest BCUT2D eigenvalue weighted by Gasteiger charge is 2.34. The van der Waals surface area contributed by atoms with E-state index in [1.54, 1.807) is 0 Å². The highest BCUT2D eigenvalue weighted by Crippen LogP contribution is 2.36.